The average Bonchev–Trinajstić information content (AvgIpc) is 3.39. The van der Waals surface area contributed by atoms with Crippen LogP contribution in [0.2, 0.25) is 0 Å². The number of para-hydroxylation sites is 2. The summed E-state index contributed by atoms with van der Waals surface area (Å²) in [5.74, 6) is -0.487. The molecular weight excluding hydrogens is 397 g/mol. The number of aromatic amines is 1. The Labute approximate surface area is 169 Å². The molecule has 2 aromatic carbocycles. The predicted molar refractivity (Wildman–Crippen MR) is 105 cm³/mol. The molecule has 2 amide bonds. The highest BCUT2D eigenvalue weighted by Crippen LogP contribution is 2.46. The zero-order chi connectivity index (χ0) is 21.5. The first-order valence-electron chi connectivity index (χ1n) is 9.45. The largest absolute Gasteiger partial charge is 0.416 e. The topological polar surface area (TPSA) is 86.9 Å². The molecule has 1 aliphatic carbocycles. The number of imidazole rings is 1. The maximum Gasteiger partial charge on any atom is 0.416 e. The number of aromatic nitrogens is 2. The smallest absolute Gasteiger partial charge is 0.344 e. The molecule has 1 heterocycles. The van der Waals surface area contributed by atoms with Crippen LogP contribution in [0.1, 0.15) is 30.7 Å². The number of nitrogens with one attached hydrogen (secondary N) is 3. The minimum absolute atomic E-state index is 0.0162. The zero-order valence-corrected chi connectivity index (χ0v) is 16.0. The standard InChI is InChI=1S/C21H19F3N4O2/c1-11(19(29)26-13-6-4-5-12(9-13)21(22,23)24)25-20(30)15-10-14(15)18-27-16-7-2-3-8-17(16)28-18/h2-9,11,14-15H,10H2,1H3,(H,25,30)(H,26,29)(H,27,28)/t11?,14-,15-/m1/s1. The van der Waals surface area contributed by atoms with Crippen molar-refractivity contribution >= 4 is 28.5 Å². The minimum Gasteiger partial charge on any atom is -0.344 e. The van der Waals surface area contributed by atoms with Crippen molar-refractivity contribution in [3.05, 3.63) is 59.9 Å². The van der Waals surface area contributed by atoms with Crippen LogP contribution in [0.15, 0.2) is 48.5 Å². The van der Waals surface area contributed by atoms with Crippen molar-refractivity contribution in [1.29, 1.82) is 0 Å². The molecule has 9 heteroatoms. The van der Waals surface area contributed by atoms with Crippen LogP contribution in [0.5, 0.6) is 0 Å². The number of hydrogen-bond donors (Lipinski definition) is 3. The van der Waals surface area contributed by atoms with Crippen molar-refractivity contribution in [3.8, 4) is 0 Å². The summed E-state index contributed by atoms with van der Waals surface area (Å²) in [4.78, 5) is 32.5. The Morgan fingerprint density at radius 3 is 2.67 bits per heavy atom. The summed E-state index contributed by atoms with van der Waals surface area (Å²) < 4.78 is 38.4. The molecule has 1 saturated carbocycles. The van der Waals surface area contributed by atoms with E-state index in [9.17, 15) is 22.8 Å². The van der Waals surface area contributed by atoms with Gasteiger partial charge in [0.25, 0.3) is 0 Å². The van der Waals surface area contributed by atoms with Crippen molar-refractivity contribution < 1.29 is 22.8 Å². The fourth-order valence-corrected chi connectivity index (χ4v) is 3.34. The van der Waals surface area contributed by atoms with E-state index in [0.29, 0.717) is 6.42 Å². The summed E-state index contributed by atoms with van der Waals surface area (Å²) in [7, 11) is 0. The summed E-state index contributed by atoms with van der Waals surface area (Å²) in [5, 5.41) is 5.03. The van der Waals surface area contributed by atoms with Crippen molar-refractivity contribution in [2.75, 3.05) is 5.32 Å². The van der Waals surface area contributed by atoms with Crippen LogP contribution in [0.3, 0.4) is 0 Å². The van der Waals surface area contributed by atoms with Gasteiger partial charge in [-0.05, 0) is 43.7 Å². The molecule has 3 atom stereocenters. The van der Waals surface area contributed by atoms with Crippen LogP contribution in [0, 0.1) is 5.92 Å². The monoisotopic (exact) mass is 416 g/mol. The number of alkyl halides is 3. The Morgan fingerprint density at radius 2 is 1.93 bits per heavy atom. The number of nitrogens with zero attached hydrogens (tertiary/aromatic N) is 1. The molecule has 1 aromatic heterocycles. The molecule has 0 bridgehead atoms. The van der Waals surface area contributed by atoms with Crippen molar-refractivity contribution in [1.82, 2.24) is 15.3 Å². The molecule has 1 fully saturated rings. The summed E-state index contributed by atoms with van der Waals surface area (Å²) in [6.45, 7) is 1.49. The summed E-state index contributed by atoms with van der Waals surface area (Å²) in [5.41, 5.74) is 0.880. The average molecular weight is 416 g/mol. The van der Waals surface area contributed by atoms with Crippen molar-refractivity contribution in [3.63, 3.8) is 0 Å². The first kappa shape index (κ1) is 19.9. The van der Waals surface area contributed by atoms with E-state index in [1.165, 1.54) is 19.1 Å². The van der Waals surface area contributed by atoms with Gasteiger partial charge in [-0.3, -0.25) is 9.59 Å². The summed E-state index contributed by atoms with van der Waals surface area (Å²) in [6.07, 6.45) is -3.88. The molecular formula is C21H19F3N4O2. The van der Waals surface area contributed by atoms with E-state index in [1.54, 1.807) is 0 Å². The number of rotatable bonds is 5. The first-order chi connectivity index (χ1) is 14.2. The maximum atomic E-state index is 12.8. The highest BCUT2D eigenvalue weighted by molar-refractivity contribution is 5.97. The molecule has 0 aliphatic heterocycles. The number of fused-ring (bicyclic) bond motifs is 1. The quantitative estimate of drug-likeness (QED) is 0.591. The highest BCUT2D eigenvalue weighted by Gasteiger charge is 2.46. The zero-order valence-electron chi connectivity index (χ0n) is 16.0. The van der Waals surface area contributed by atoms with E-state index >= 15 is 0 Å². The molecule has 4 rings (SSSR count). The van der Waals surface area contributed by atoms with Gasteiger partial charge in [-0.15, -0.1) is 0 Å². The Hall–Kier alpha value is -3.36. The Balaban J connectivity index is 1.34. The van der Waals surface area contributed by atoms with Crippen LogP contribution in [0.25, 0.3) is 11.0 Å². The van der Waals surface area contributed by atoms with Gasteiger partial charge in [0.2, 0.25) is 11.8 Å². The lowest BCUT2D eigenvalue weighted by Crippen LogP contribution is -2.42. The number of halogens is 3. The van der Waals surface area contributed by atoms with E-state index in [2.05, 4.69) is 20.6 Å². The molecule has 6 nitrogen and oxygen atoms in total. The van der Waals surface area contributed by atoms with E-state index in [4.69, 9.17) is 0 Å². The van der Waals surface area contributed by atoms with Crippen LogP contribution >= 0.6 is 0 Å². The lowest BCUT2D eigenvalue weighted by Gasteiger charge is -2.15. The molecule has 3 N–H and O–H groups in total. The van der Waals surface area contributed by atoms with Crippen molar-refractivity contribution in [2.24, 2.45) is 5.92 Å². The fraction of sp³-hybridized carbons (Fsp3) is 0.286. The number of H-pyrrole nitrogens is 1. The summed E-state index contributed by atoms with van der Waals surface area (Å²) >= 11 is 0. The lowest BCUT2D eigenvalue weighted by atomic mass is 10.2. The number of carbonyl (C=O) groups excluding carboxylic acids is 2. The Kier molecular flexibility index (Phi) is 4.97. The van der Waals surface area contributed by atoms with Gasteiger partial charge in [-0.25, -0.2) is 4.98 Å². The SMILES string of the molecule is CC(NC(=O)[C@@H]1C[C@H]1c1nc2ccccc2[nH]1)C(=O)Nc1cccc(C(F)(F)F)c1. The van der Waals surface area contributed by atoms with Gasteiger partial charge in [-0.2, -0.15) is 13.2 Å². The predicted octanol–water partition coefficient (Wildman–Crippen LogP) is 3.83. The van der Waals surface area contributed by atoms with Crippen LogP contribution in [-0.2, 0) is 15.8 Å². The Bertz CT molecular complexity index is 1080. The van der Waals surface area contributed by atoms with Gasteiger partial charge in [0.05, 0.1) is 16.6 Å². The molecule has 0 saturated heterocycles. The third-order valence-electron chi connectivity index (χ3n) is 5.10. The lowest BCUT2D eigenvalue weighted by molar-refractivity contribution is -0.137. The third kappa shape index (κ3) is 4.14. The molecule has 30 heavy (non-hydrogen) atoms. The third-order valence-corrected chi connectivity index (χ3v) is 5.10. The second-order valence-electron chi connectivity index (χ2n) is 7.39. The van der Waals surface area contributed by atoms with Gasteiger partial charge >= 0.3 is 6.18 Å². The van der Waals surface area contributed by atoms with E-state index in [1.807, 2.05) is 24.3 Å². The van der Waals surface area contributed by atoms with Crippen LogP contribution < -0.4 is 10.6 Å². The van der Waals surface area contributed by atoms with Gasteiger partial charge in [0.15, 0.2) is 0 Å². The Morgan fingerprint density at radius 1 is 1.17 bits per heavy atom. The van der Waals surface area contributed by atoms with Crippen LogP contribution in [-0.4, -0.2) is 27.8 Å². The van der Waals surface area contributed by atoms with Gasteiger partial charge < -0.3 is 15.6 Å². The summed E-state index contributed by atoms with van der Waals surface area (Å²) in [6, 6.07) is 11.0. The van der Waals surface area contributed by atoms with Gasteiger partial charge in [0, 0.05) is 17.5 Å². The van der Waals surface area contributed by atoms with Crippen LogP contribution in [0.4, 0.5) is 18.9 Å². The van der Waals surface area contributed by atoms with E-state index in [-0.39, 0.29) is 23.4 Å². The highest BCUT2D eigenvalue weighted by atomic mass is 19.4. The second-order valence-corrected chi connectivity index (χ2v) is 7.39. The number of hydrogen-bond acceptors (Lipinski definition) is 3. The van der Waals surface area contributed by atoms with Gasteiger partial charge in [0.1, 0.15) is 11.9 Å². The number of benzene rings is 2. The maximum absolute atomic E-state index is 12.8. The van der Waals surface area contributed by atoms with E-state index in [0.717, 1.165) is 29.0 Å². The number of carbonyl (C=O) groups is 2. The molecule has 1 aliphatic rings. The molecule has 156 valence electrons. The van der Waals surface area contributed by atoms with Crippen molar-refractivity contribution in [2.45, 2.75) is 31.5 Å². The fourth-order valence-electron chi connectivity index (χ4n) is 3.34. The normalized spacial score (nSPS) is 19.3. The molecule has 0 spiro atoms. The minimum atomic E-state index is -4.50. The number of amides is 2. The molecule has 3 aromatic rings. The number of anilines is 1. The second kappa shape index (κ2) is 7.47. The van der Waals surface area contributed by atoms with Gasteiger partial charge in [-0.1, -0.05) is 18.2 Å². The molecule has 1 unspecified atom stereocenters. The van der Waals surface area contributed by atoms with E-state index < -0.39 is 23.7 Å². The first-order valence-corrected chi connectivity index (χ1v) is 9.45. The molecule has 0 radical (unpaired) electrons.